The Morgan fingerprint density at radius 3 is 2.83 bits per heavy atom. The summed E-state index contributed by atoms with van der Waals surface area (Å²) in [6.45, 7) is 5.63. The van der Waals surface area contributed by atoms with Gasteiger partial charge in [-0.05, 0) is 46.1 Å². The van der Waals surface area contributed by atoms with Gasteiger partial charge in [-0.25, -0.2) is 9.78 Å². The zero-order valence-electron chi connectivity index (χ0n) is 17.2. The minimum absolute atomic E-state index is 0.0426. The van der Waals surface area contributed by atoms with Crippen molar-refractivity contribution in [3.8, 4) is 0 Å². The molecule has 0 saturated heterocycles. The molecular formula is C22H28N4O3. The van der Waals surface area contributed by atoms with Crippen LogP contribution in [-0.4, -0.2) is 44.0 Å². The van der Waals surface area contributed by atoms with Gasteiger partial charge in [0.05, 0.1) is 23.8 Å². The second-order valence-corrected chi connectivity index (χ2v) is 8.69. The molecule has 0 aliphatic heterocycles. The molecule has 4 rings (SSSR count). The van der Waals surface area contributed by atoms with Gasteiger partial charge in [0.15, 0.2) is 0 Å². The normalized spacial score (nSPS) is 19.7. The number of pyridine rings is 1. The number of rotatable bonds is 4. The molecule has 1 fully saturated rings. The highest BCUT2D eigenvalue weighted by Gasteiger charge is 2.31. The first-order chi connectivity index (χ1) is 13.9. The quantitative estimate of drug-likeness (QED) is 0.701. The molecular weight excluding hydrogens is 368 g/mol. The van der Waals surface area contributed by atoms with Crippen LogP contribution < -0.4 is 5.32 Å². The first-order valence-electron chi connectivity index (χ1n) is 10.2. The number of carbonyl (C=O) groups excluding carboxylic acids is 1. The van der Waals surface area contributed by atoms with Crippen LogP contribution in [0.2, 0.25) is 0 Å². The van der Waals surface area contributed by atoms with Crippen molar-refractivity contribution in [3.05, 3.63) is 36.3 Å². The molecule has 7 heteroatoms. The van der Waals surface area contributed by atoms with Gasteiger partial charge in [0, 0.05) is 23.9 Å². The third-order valence-corrected chi connectivity index (χ3v) is 5.32. The maximum atomic E-state index is 12.2. The molecule has 0 radical (unpaired) electrons. The van der Waals surface area contributed by atoms with Gasteiger partial charge >= 0.3 is 6.09 Å². The Hall–Kier alpha value is -2.67. The summed E-state index contributed by atoms with van der Waals surface area (Å²) < 4.78 is 7.66. The van der Waals surface area contributed by atoms with Crippen LogP contribution in [0.4, 0.5) is 4.79 Å². The molecule has 2 aromatic heterocycles. The fourth-order valence-electron chi connectivity index (χ4n) is 4.24. The average molecular weight is 396 g/mol. The van der Waals surface area contributed by atoms with Crippen LogP contribution in [0.15, 0.2) is 30.5 Å². The predicted molar refractivity (Wildman–Crippen MR) is 112 cm³/mol. The van der Waals surface area contributed by atoms with E-state index in [4.69, 9.17) is 9.72 Å². The number of imidazole rings is 1. The summed E-state index contributed by atoms with van der Waals surface area (Å²) in [5.41, 5.74) is 2.32. The molecule has 3 aromatic rings. The minimum Gasteiger partial charge on any atom is -0.444 e. The molecule has 2 heterocycles. The molecule has 7 nitrogen and oxygen atoms in total. The fraction of sp³-hybridized carbons (Fsp3) is 0.500. The van der Waals surface area contributed by atoms with Crippen molar-refractivity contribution >= 4 is 28.0 Å². The van der Waals surface area contributed by atoms with Crippen LogP contribution in [0.25, 0.3) is 21.9 Å². The molecule has 1 aliphatic rings. The number of para-hydroxylation sites is 1. The number of hydrogen-bond donors (Lipinski definition) is 2. The molecule has 2 unspecified atom stereocenters. The summed E-state index contributed by atoms with van der Waals surface area (Å²) in [4.78, 5) is 21.5. The predicted octanol–water partition coefficient (Wildman–Crippen LogP) is 3.74. The van der Waals surface area contributed by atoms with Crippen molar-refractivity contribution in [2.24, 2.45) is 0 Å². The standard InChI is InChI=1S/C22H28N4O3/c1-22(2,3)29-21(28)24-14-8-9-15(12-14)26-19(10-11-27)25-18-13-23-17-7-5-4-6-16(17)20(18)26/h4-7,13-15,27H,8-12H2,1-3H3,(H,24,28). The van der Waals surface area contributed by atoms with E-state index < -0.39 is 5.60 Å². The van der Waals surface area contributed by atoms with Gasteiger partial charge in [-0.1, -0.05) is 18.2 Å². The van der Waals surface area contributed by atoms with Crippen molar-refractivity contribution in [2.45, 2.75) is 64.1 Å². The molecule has 1 amide bonds. The van der Waals surface area contributed by atoms with Gasteiger partial charge < -0.3 is 19.7 Å². The number of hydrogen-bond acceptors (Lipinski definition) is 5. The summed E-state index contributed by atoms with van der Waals surface area (Å²) in [7, 11) is 0. The summed E-state index contributed by atoms with van der Waals surface area (Å²) in [6, 6.07) is 8.31. The maximum absolute atomic E-state index is 12.2. The molecule has 0 bridgehead atoms. The third-order valence-electron chi connectivity index (χ3n) is 5.32. The Morgan fingerprint density at radius 2 is 2.07 bits per heavy atom. The monoisotopic (exact) mass is 396 g/mol. The summed E-state index contributed by atoms with van der Waals surface area (Å²) in [5.74, 6) is 0.864. The van der Waals surface area contributed by atoms with Gasteiger partial charge in [0.25, 0.3) is 0 Å². The van der Waals surface area contributed by atoms with E-state index in [1.165, 1.54) is 0 Å². The number of nitrogens with one attached hydrogen (secondary N) is 1. The van der Waals surface area contributed by atoms with Crippen LogP contribution in [-0.2, 0) is 11.2 Å². The Balaban J connectivity index is 1.66. The topological polar surface area (TPSA) is 89.3 Å². The van der Waals surface area contributed by atoms with Crippen LogP contribution in [0.1, 0.15) is 51.9 Å². The van der Waals surface area contributed by atoms with Crippen molar-refractivity contribution in [1.82, 2.24) is 19.9 Å². The number of alkyl carbamates (subject to hydrolysis) is 1. The fourth-order valence-corrected chi connectivity index (χ4v) is 4.24. The Kier molecular flexibility index (Phi) is 5.17. The number of aromatic nitrogens is 3. The van der Waals surface area contributed by atoms with E-state index in [9.17, 15) is 9.90 Å². The van der Waals surface area contributed by atoms with E-state index in [2.05, 4.69) is 20.9 Å². The number of nitrogens with zero attached hydrogens (tertiary/aromatic N) is 3. The largest absolute Gasteiger partial charge is 0.444 e. The molecule has 0 spiro atoms. The van der Waals surface area contributed by atoms with Crippen molar-refractivity contribution in [3.63, 3.8) is 0 Å². The molecule has 154 valence electrons. The number of benzene rings is 1. The summed E-state index contributed by atoms with van der Waals surface area (Å²) in [5, 5.41) is 13.6. The van der Waals surface area contributed by atoms with E-state index in [0.717, 1.165) is 47.0 Å². The highest BCUT2D eigenvalue weighted by Crippen LogP contribution is 2.36. The summed E-state index contributed by atoms with van der Waals surface area (Å²) in [6.07, 6.45) is 4.54. The number of aliphatic hydroxyl groups excluding tert-OH is 1. The molecule has 2 N–H and O–H groups in total. The van der Waals surface area contributed by atoms with E-state index in [1.54, 1.807) is 6.20 Å². The third kappa shape index (κ3) is 4.05. The summed E-state index contributed by atoms with van der Waals surface area (Å²) >= 11 is 0. The van der Waals surface area contributed by atoms with E-state index in [1.807, 2.05) is 39.0 Å². The first-order valence-corrected chi connectivity index (χ1v) is 10.2. The van der Waals surface area contributed by atoms with Crippen LogP contribution in [0.3, 0.4) is 0 Å². The maximum Gasteiger partial charge on any atom is 0.407 e. The number of carbonyl (C=O) groups is 1. The number of fused-ring (bicyclic) bond motifs is 3. The highest BCUT2D eigenvalue weighted by atomic mass is 16.6. The molecule has 1 saturated carbocycles. The lowest BCUT2D eigenvalue weighted by Gasteiger charge is -2.22. The molecule has 1 aromatic carbocycles. The number of amides is 1. The Labute approximate surface area is 170 Å². The zero-order chi connectivity index (χ0) is 20.6. The Bertz CT molecular complexity index is 1040. The second kappa shape index (κ2) is 7.63. The smallest absolute Gasteiger partial charge is 0.407 e. The minimum atomic E-state index is -0.511. The number of ether oxygens (including phenoxy) is 1. The Morgan fingerprint density at radius 1 is 1.28 bits per heavy atom. The van der Waals surface area contributed by atoms with E-state index >= 15 is 0 Å². The van der Waals surface area contributed by atoms with Crippen LogP contribution in [0.5, 0.6) is 0 Å². The number of aliphatic hydroxyl groups is 1. The van der Waals surface area contributed by atoms with Gasteiger partial charge in [0.1, 0.15) is 16.9 Å². The van der Waals surface area contributed by atoms with Crippen molar-refractivity contribution < 1.29 is 14.6 Å². The van der Waals surface area contributed by atoms with Gasteiger partial charge in [-0.3, -0.25) is 4.98 Å². The zero-order valence-corrected chi connectivity index (χ0v) is 17.2. The van der Waals surface area contributed by atoms with Crippen molar-refractivity contribution in [2.75, 3.05) is 6.61 Å². The molecule has 1 aliphatic carbocycles. The lowest BCUT2D eigenvalue weighted by atomic mass is 10.1. The van der Waals surface area contributed by atoms with Gasteiger partial charge in [0.2, 0.25) is 0 Å². The SMILES string of the molecule is CC(C)(C)OC(=O)NC1CCC(n2c(CCO)nc3cnc4ccccc4c32)C1. The second-order valence-electron chi connectivity index (χ2n) is 8.69. The van der Waals surface area contributed by atoms with E-state index in [-0.39, 0.29) is 24.8 Å². The van der Waals surface area contributed by atoms with E-state index in [0.29, 0.717) is 6.42 Å². The van der Waals surface area contributed by atoms with Gasteiger partial charge in [-0.15, -0.1) is 0 Å². The van der Waals surface area contributed by atoms with Gasteiger partial charge in [-0.2, -0.15) is 0 Å². The highest BCUT2D eigenvalue weighted by molar-refractivity contribution is 6.02. The van der Waals surface area contributed by atoms with Crippen LogP contribution in [0, 0.1) is 0 Å². The molecule has 2 atom stereocenters. The average Bonchev–Trinajstić information content (AvgIpc) is 3.24. The lowest BCUT2D eigenvalue weighted by molar-refractivity contribution is 0.0505. The first kappa shape index (κ1) is 19.6. The van der Waals surface area contributed by atoms with Crippen molar-refractivity contribution in [1.29, 1.82) is 0 Å². The van der Waals surface area contributed by atoms with Crippen LogP contribution >= 0.6 is 0 Å². The molecule has 29 heavy (non-hydrogen) atoms. The lowest BCUT2D eigenvalue weighted by Crippen LogP contribution is -2.38.